The van der Waals surface area contributed by atoms with Crippen LogP contribution in [0, 0.1) is 6.92 Å². The van der Waals surface area contributed by atoms with Crippen LogP contribution < -0.4 is 4.74 Å². The minimum absolute atomic E-state index is 0.273. The van der Waals surface area contributed by atoms with Gasteiger partial charge in [0, 0.05) is 12.1 Å². The van der Waals surface area contributed by atoms with Crippen LogP contribution in [0.3, 0.4) is 0 Å². The molecule has 0 radical (unpaired) electrons. The molecule has 0 amide bonds. The van der Waals surface area contributed by atoms with E-state index in [-0.39, 0.29) is 6.54 Å². The van der Waals surface area contributed by atoms with Gasteiger partial charge in [-0.25, -0.2) is 0 Å². The summed E-state index contributed by atoms with van der Waals surface area (Å²) in [6.45, 7) is 2.87. The molecular formula is C14H15N3O4. The summed E-state index contributed by atoms with van der Waals surface area (Å²) in [5.41, 5.74) is 0.638. The maximum absolute atomic E-state index is 11.7. The van der Waals surface area contributed by atoms with E-state index in [1.165, 1.54) is 0 Å². The smallest absolute Gasteiger partial charge is 0.325 e. The Labute approximate surface area is 121 Å². The highest BCUT2D eigenvalue weighted by atomic mass is 16.5. The number of aromatic nitrogens is 2. The average Bonchev–Trinajstić information content (AvgIpc) is 2.76. The fourth-order valence-corrected chi connectivity index (χ4v) is 2.47. The summed E-state index contributed by atoms with van der Waals surface area (Å²) < 4.78 is 10.7. The van der Waals surface area contributed by atoms with E-state index in [2.05, 4.69) is 10.1 Å². The van der Waals surface area contributed by atoms with Crippen molar-refractivity contribution in [1.82, 2.24) is 15.0 Å². The molecule has 0 saturated heterocycles. The van der Waals surface area contributed by atoms with Crippen molar-refractivity contribution in [3.63, 3.8) is 0 Å². The topological polar surface area (TPSA) is 88.7 Å². The molecule has 0 fully saturated rings. The molecule has 1 aromatic carbocycles. The van der Waals surface area contributed by atoms with Gasteiger partial charge in [-0.05, 0) is 13.0 Å². The second kappa shape index (κ2) is 5.53. The fraction of sp³-hybridized carbons (Fsp3) is 0.357. The number of benzene rings is 1. The number of hydrogen-bond donors (Lipinski definition) is 1. The minimum Gasteiger partial charge on any atom is -0.492 e. The maximum Gasteiger partial charge on any atom is 0.325 e. The first kappa shape index (κ1) is 13.6. The predicted molar refractivity (Wildman–Crippen MR) is 71.8 cm³/mol. The Balaban J connectivity index is 1.94. The Bertz CT molecular complexity index is 655. The number of hydrogen-bond acceptors (Lipinski definition) is 6. The molecule has 1 aliphatic heterocycles. The molecule has 1 unspecified atom stereocenters. The molecule has 1 N–H and O–H groups in total. The Morgan fingerprint density at radius 2 is 2.29 bits per heavy atom. The maximum atomic E-state index is 11.7. The van der Waals surface area contributed by atoms with Crippen LogP contribution in [0.1, 0.15) is 23.3 Å². The summed E-state index contributed by atoms with van der Waals surface area (Å²) in [5, 5.41) is 13.3. The molecule has 2 heterocycles. The van der Waals surface area contributed by atoms with Gasteiger partial charge in [-0.1, -0.05) is 23.4 Å². The highest BCUT2D eigenvalue weighted by Gasteiger charge is 2.33. The normalized spacial score (nSPS) is 18.6. The van der Waals surface area contributed by atoms with Crippen LogP contribution in [0.5, 0.6) is 5.75 Å². The van der Waals surface area contributed by atoms with Crippen LogP contribution in [0.15, 0.2) is 28.8 Å². The largest absolute Gasteiger partial charge is 0.492 e. The molecule has 0 aliphatic carbocycles. The first-order valence-electron chi connectivity index (χ1n) is 6.63. The van der Waals surface area contributed by atoms with Gasteiger partial charge in [-0.2, -0.15) is 4.98 Å². The van der Waals surface area contributed by atoms with E-state index in [1.54, 1.807) is 30.0 Å². The third-order valence-electron chi connectivity index (χ3n) is 3.36. The van der Waals surface area contributed by atoms with E-state index >= 15 is 0 Å². The van der Waals surface area contributed by atoms with E-state index in [9.17, 15) is 9.90 Å². The summed E-state index contributed by atoms with van der Waals surface area (Å²) in [7, 11) is 0. The number of carboxylic acids is 1. The van der Waals surface area contributed by atoms with E-state index in [0.29, 0.717) is 36.2 Å². The summed E-state index contributed by atoms with van der Waals surface area (Å²) >= 11 is 0. The van der Waals surface area contributed by atoms with Crippen molar-refractivity contribution >= 4 is 5.97 Å². The van der Waals surface area contributed by atoms with Crippen molar-refractivity contribution in [3.05, 3.63) is 41.5 Å². The first-order chi connectivity index (χ1) is 10.1. The molecule has 1 atom stereocenters. The zero-order valence-corrected chi connectivity index (χ0v) is 11.5. The Morgan fingerprint density at radius 3 is 3.00 bits per heavy atom. The third kappa shape index (κ3) is 2.73. The standard InChI is InChI=1S/C14H15N3O4/c1-9-15-12(21-16-9)8-17-6-7-20-11-5-3-2-4-10(11)13(17)14(18)19/h2-5,13H,6-8H2,1H3,(H,18,19). The highest BCUT2D eigenvalue weighted by molar-refractivity contribution is 5.76. The number of fused-ring (bicyclic) bond motifs is 1. The summed E-state index contributed by atoms with van der Waals surface area (Å²) in [6, 6.07) is 6.39. The summed E-state index contributed by atoms with van der Waals surface area (Å²) in [5.74, 6) is 0.611. The molecule has 0 bridgehead atoms. The van der Waals surface area contributed by atoms with Crippen molar-refractivity contribution in [3.8, 4) is 5.75 Å². The van der Waals surface area contributed by atoms with Crippen LogP contribution in [0.2, 0.25) is 0 Å². The number of ether oxygens (including phenoxy) is 1. The number of nitrogens with zero attached hydrogens (tertiary/aromatic N) is 3. The minimum atomic E-state index is -0.927. The quantitative estimate of drug-likeness (QED) is 0.913. The lowest BCUT2D eigenvalue weighted by molar-refractivity contribution is -0.143. The van der Waals surface area contributed by atoms with Crippen molar-refractivity contribution in [1.29, 1.82) is 0 Å². The Hall–Kier alpha value is -2.41. The molecule has 0 spiro atoms. The monoisotopic (exact) mass is 289 g/mol. The van der Waals surface area contributed by atoms with Gasteiger partial charge >= 0.3 is 5.97 Å². The lowest BCUT2D eigenvalue weighted by Crippen LogP contribution is -2.34. The van der Waals surface area contributed by atoms with Crippen LogP contribution >= 0.6 is 0 Å². The predicted octanol–water partition coefficient (Wildman–Crippen LogP) is 1.40. The molecule has 110 valence electrons. The third-order valence-corrected chi connectivity index (χ3v) is 3.36. The van der Waals surface area contributed by atoms with Gasteiger partial charge in [0.2, 0.25) is 5.89 Å². The van der Waals surface area contributed by atoms with Gasteiger partial charge in [0.15, 0.2) is 5.82 Å². The van der Waals surface area contributed by atoms with Gasteiger partial charge in [0.25, 0.3) is 0 Å². The van der Waals surface area contributed by atoms with Crippen molar-refractivity contribution in [2.24, 2.45) is 0 Å². The van der Waals surface area contributed by atoms with Gasteiger partial charge in [-0.3, -0.25) is 9.69 Å². The van der Waals surface area contributed by atoms with Crippen LogP contribution in [-0.2, 0) is 11.3 Å². The van der Waals surface area contributed by atoms with E-state index < -0.39 is 12.0 Å². The lowest BCUT2D eigenvalue weighted by Gasteiger charge is -2.24. The summed E-state index contributed by atoms with van der Waals surface area (Å²) in [4.78, 5) is 17.6. The number of para-hydroxylation sites is 1. The number of aryl methyl sites for hydroxylation is 1. The number of carboxylic acid groups (broad SMARTS) is 1. The van der Waals surface area contributed by atoms with Crippen molar-refractivity contribution < 1.29 is 19.2 Å². The van der Waals surface area contributed by atoms with E-state index in [1.807, 2.05) is 6.07 Å². The average molecular weight is 289 g/mol. The molecule has 2 aromatic rings. The summed E-state index contributed by atoms with van der Waals surface area (Å²) in [6.07, 6.45) is 0. The molecule has 7 heteroatoms. The van der Waals surface area contributed by atoms with Crippen LogP contribution in [0.25, 0.3) is 0 Å². The fourth-order valence-electron chi connectivity index (χ4n) is 2.47. The molecule has 3 rings (SSSR count). The molecule has 7 nitrogen and oxygen atoms in total. The Kier molecular flexibility index (Phi) is 3.57. The van der Waals surface area contributed by atoms with E-state index in [0.717, 1.165) is 0 Å². The van der Waals surface area contributed by atoms with Crippen LogP contribution in [-0.4, -0.2) is 39.3 Å². The lowest BCUT2D eigenvalue weighted by atomic mass is 10.0. The van der Waals surface area contributed by atoms with Crippen LogP contribution in [0.4, 0.5) is 0 Å². The zero-order chi connectivity index (χ0) is 14.8. The number of rotatable bonds is 3. The molecule has 1 aliphatic rings. The molecule has 1 aromatic heterocycles. The highest BCUT2D eigenvalue weighted by Crippen LogP contribution is 2.32. The first-order valence-corrected chi connectivity index (χ1v) is 6.63. The molecule has 21 heavy (non-hydrogen) atoms. The zero-order valence-electron chi connectivity index (χ0n) is 11.5. The Morgan fingerprint density at radius 1 is 1.48 bits per heavy atom. The molecular weight excluding hydrogens is 274 g/mol. The van der Waals surface area contributed by atoms with Gasteiger partial charge in [0.1, 0.15) is 18.4 Å². The van der Waals surface area contributed by atoms with Gasteiger partial charge in [-0.15, -0.1) is 0 Å². The SMILES string of the molecule is Cc1noc(CN2CCOc3ccccc3C2C(=O)O)n1. The van der Waals surface area contributed by atoms with Gasteiger partial charge < -0.3 is 14.4 Å². The molecule has 0 saturated carbocycles. The second-order valence-corrected chi connectivity index (χ2v) is 4.83. The van der Waals surface area contributed by atoms with Crippen molar-refractivity contribution in [2.45, 2.75) is 19.5 Å². The second-order valence-electron chi connectivity index (χ2n) is 4.83. The van der Waals surface area contributed by atoms with Gasteiger partial charge in [0.05, 0.1) is 6.54 Å². The number of carbonyl (C=O) groups is 1. The van der Waals surface area contributed by atoms with Crippen molar-refractivity contribution in [2.75, 3.05) is 13.2 Å². The number of aliphatic carboxylic acids is 1. The van der Waals surface area contributed by atoms with E-state index in [4.69, 9.17) is 9.26 Å².